The summed E-state index contributed by atoms with van der Waals surface area (Å²) in [5.41, 5.74) is -0.0234. The highest BCUT2D eigenvalue weighted by Crippen LogP contribution is 2.32. The van der Waals surface area contributed by atoms with Crippen LogP contribution in [-0.4, -0.2) is 29.8 Å². The number of carbonyl (C=O) groups excluding carboxylic acids is 1. The zero-order chi connectivity index (χ0) is 15.3. The van der Waals surface area contributed by atoms with Crippen LogP contribution in [0.1, 0.15) is 32.1 Å². The van der Waals surface area contributed by atoms with E-state index < -0.39 is 11.5 Å². The summed E-state index contributed by atoms with van der Waals surface area (Å²) in [5, 5.41) is 14.6. The van der Waals surface area contributed by atoms with Crippen LogP contribution in [0.2, 0.25) is 0 Å². The molecular weight excluding hydrogens is 272 g/mol. The molecule has 1 saturated carbocycles. The molecule has 0 heterocycles. The number of hydrogen-bond acceptors (Lipinski definition) is 3. The molecule has 2 rings (SSSR count). The average Bonchev–Trinajstić information content (AvgIpc) is 2.85. The van der Waals surface area contributed by atoms with Gasteiger partial charge in [0.05, 0.1) is 19.1 Å². The van der Waals surface area contributed by atoms with Crippen LogP contribution in [-0.2, 0) is 4.79 Å². The van der Waals surface area contributed by atoms with Crippen molar-refractivity contribution < 1.29 is 19.4 Å². The van der Waals surface area contributed by atoms with E-state index in [4.69, 9.17) is 9.84 Å². The first kappa shape index (κ1) is 15.2. The van der Waals surface area contributed by atoms with Crippen LogP contribution < -0.4 is 15.4 Å². The zero-order valence-corrected chi connectivity index (χ0v) is 12.0. The Balaban J connectivity index is 2.00. The zero-order valence-electron chi connectivity index (χ0n) is 12.0. The molecule has 2 amide bonds. The highest BCUT2D eigenvalue weighted by Gasteiger charge is 2.37. The van der Waals surface area contributed by atoms with Gasteiger partial charge in [-0.1, -0.05) is 18.9 Å². The van der Waals surface area contributed by atoms with Gasteiger partial charge in [-0.15, -0.1) is 0 Å². The molecule has 6 nitrogen and oxygen atoms in total. The Morgan fingerprint density at radius 1 is 1.33 bits per heavy atom. The summed E-state index contributed by atoms with van der Waals surface area (Å²) in [5.74, 6) is -0.243. The Morgan fingerprint density at radius 3 is 2.67 bits per heavy atom. The summed E-state index contributed by atoms with van der Waals surface area (Å²) < 4.78 is 5.09. The molecule has 0 spiro atoms. The second kappa shape index (κ2) is 6.47. The van der Waals surface area contributed by atoms with Gasteiger partial charge in [0.2, 0.25) is 0 Å². The number of carboxylic acid groups (broad SMARTS) is 1. The number of ether oxygens (including phenoxy) is 1. The Bertz CT molecular complexity index is 524. The van der Waals surface area contributed by atoms with Crippen LogP contribution in [0.3, 0.4) is 0 Å². The van der Waals surface area contributed by atoms with E-state index in [1.807, 2.05) is 0 Å². The number of amides is 2. The van der Waals surface area contributed by atoms with Crippen LogP contribution in [0.15, 0.2) is 24.3 Å². The van der Waals surface area contributed by atoms with Crippen molar-refractivity contribution in [3.8, 4) is 5.75 Å². The number of benzene rings is 1. The van der Waals surface area contributed by atoms with Crippen LogP contribution in [0.25, 0.3) is 0 Å². The lowest BCUT2D eigenvalue weighted by Crippen LogP contribution is -2.49. The second-order valence-electron chi connectivity index (χ2n) is 5.37. The first-order valence-electron chi connectivity index (χ1n) is 6.98. The maximum absolute atomic E-state index is 12.1. The Kier molecular flexibility index (Phi) is 4.67. The summed E-state index contributed by atoms with van der Waals surface area (Å²) in [6.45, 7) is 0. The molecular formula is C15H20N2O4. The molecule has 1 aromatic rings. The average molecular weight is 292 g/mol. The molecule has 0 bridgehead atoms. The maximum atomic E-state index is 12.1. The van der Waals surface area contributed by atoms with Gasteiger partial charge in [0.1, 0.15) is 5.75 Å². The maximum Gasteiger partial charge on any atom is 0.319 e. The summed E-state index contributed by atoms with van der Waals surface area (Å²) >= 11 is 0. The third kappa shape index (κ3) is 4.11. The quantitative estimate of drug-likeness (QED) is 0.778. The summed E-state index contributed by atoms with van der Waals surface area (Å²) in [4.78, 5) is 23.1. The third-order valence-corrected chi connectivity index (χ3v) is 3.76. The van der Waals surface area contributed by atoms with Crippen LogP contribution >= 0.6 is 0 Å². The third-order valence-electron chi connectivity index (χ3n) is 3.76. The highest BCUT2D eigenvalue weighted by atomic mass is 16.5. The molecule has 1 aliphatic rings. The number of nitrogens with one attached hydrogen (secondary N) is 2. The number of aliphatic carboxylic acids is 1. The van der Waals surface area contributed by atoms with Gasteiger partial charge < -0.3 is 20.5 Å². The molecule has 1 aliphatic carbocycles. The minimum absolute atomic E-state index is 0.0431. The fourth-order valence-electron chi connectivity index (χ4n) is 2.79. The summed E-state index contributed by atoms with van der Waals surface area (Å²) in [7, 11) is 1.56. The van der Waals surface area contributed by atoms with E-state index in [1.54, 1.807) is 31.4 Å². The Labute approximate surface area is 123 Å². The van der Waals surface area contributed by atoms with Gasteiger partial charge >= 0.3 is 12.0 Å². The van der Waals surface area contributed by atoms with Crippen molar-refractivity contribution in [2.45, 2.75) is 37.6 Å². The van der Waals surface area contributed by atoms with E-state index in [-0.39, 0.29) is 12.5 Å². The van der Waals surface area contributed by atoms with Crippen molar-refractivity contribution in [3.63, 3.8) is 0 Å². The number of urea groups is 1. The smallest absolute Gasteiger partial charge is 0.319 e. The van der Waals surface area contributed by atoms with E-state index in [0.29, 0.717) is 24.3 Å². The number of carboxylic acids is 1. The number of carbonyl (C=O) groups is 2. The van der Waals surface area contributed by atoms with E-state index in [0.717, 1.165) is 12.8 Å². The fraction of sp³-hybridized carbons (Fsp3) is 0.467. The van der Waals surface area contributed by atoms with Crippen molar-refractivity contribution in [1.82, 2.24) is 5.32 Å². The molecule has 0 aliphatic heterocycles. The van der Waals surface area contributed by atoms with Crippen molar-refractivity contribution >= 4 is 17.7 Å². The highest BCUT2D eigenvalue weighted by molar-refractivity contribution is 5.90. The van der Waals surface area contributed by atoms with Crippen molar-refractivity contribution in [3.05, 3.63) is 24.3 Å². The number of methoxy groups -OCH3 is 1. The normalized spacial score (nSPS) is 16.2. The molecule has 6 heteroatoms. The molecule has 0 aromatic heterocycles. The fourth-order valence-corrected chi connectivity index (χ4v) is 2.79. The van der Waals surface area contributed by atoms with Gasteiger partial charge in [-0.25, -0.2) is 4.79 Å². The molecule has 0 atom stereocenters. The number of hydrogen-bond donors (Lipinski definition) is 3. The lowest BCUT2D eigenvalue weighted by Gasteiger charge is -2.28. The van der Waals surface area contributed by atoms with E-state index >= 15 is 0 Å². The monoisotopic (exact) mass is 292 g/mol. The van der Waals surface area contributed by atoms with Gasteiger partial charge in [0, 0.05) is 11.8 Å². The molecule has 0 unspecified atom stereocenters. The van der Waals surface area contributed by atoms with Crippen LogP contribution in [0.4, 0.5) is 10.5 Å². The lowest BCUT2D eigenvalue weighted by atomic mass is 9.93. The Hall–Kier alpha value is -2.24. The van der Waals surface area contributed by atoms with Gasteiger partial charge in [0.25, 0.3) is 0 Å². The predicted octanol–water partition coefficient (Wildman–Crippen LogP) is 2.60. The molecule has 1 aromatic carbocycles. The SMILES string of the molecule is COc1cccc(NC(=O)NC2(CC(=O)O)CCCC2)c1. The largest absolute Gasteiger partial charge is 0.497 e. The minimum Gasteiger partial charge on any atom is -0.497 e. The van der Waals surface area contributed by atoms with Gasteiger partial charge in [-0.05, 0) is 25.0 Å². The second-order valence-corrected chi connectivity index (χ2v) is 5.37. The first-order chi connectivity index (χ1) is 10.0. The number of rotatable bonds is 5. The predicted molar refractivity (Wildman–Crippen MR) is 78.6 cm³/mol. The van der Waals surface area contributed by atoms with Crippen LogP contribution in [0, 0.1) is 0 Å². The summed E-state index contributed by atoms with van der Waals surface area (Å²) in [6, 6.07) is 6.63. The van der Waals surface area contributed by atoms with Gasteiger partial charge in [-0.3, -0.25) is 4.79 Å². The van der Waals surface area contributed by atoms with Crippen molar-refractivity contribution in [1.29, 1.82) is 0 Å². The van der Waals surface area contributed by atoms with Crippen LogP contribution in [0.5, 0.6) is 5.75 Å². The Morgan fingerprint density at radius 2 is 2.05 bits per heavy atom. The van der Waals surface area contributed by atoms with E-state index in [1.165, 1.54) is 0 Å². The molecule has 0 saturated heterocycles. The number of anilines is 1. The summed E-state index contributed by atoms with van der Waals surface area (Å²) in [6.07, 6.45) is 3.23. The van der Waals surface area contributed by atoms with E-state index in [9.17, 15) is 9.59 Å². The van der Waals surface area contributed by atoms with E-state index in [2.05, 4.69) is 10.6 Å². The molecule has 0 radical (unpaired) electrons. The molecule has 21 heavy (non-hydrogen) atoms. The first-order valence-corrected chi connectivity index (χ1v) is 6.98. The molecule has 3 N–H and O–H groups in total. The van der Waals surface area contributed by atoms with Crippen molar-refractivity contribution in [2.75, 3.05) is 12.4 Å². The molecule has 114 valence electrons. The standard InChI is InChI=1S/C15H20N2O4/c1-21-12-6-4-5-11(9-12)16-14(20)17-15(10-13(18)19)7-2-3-8-15/h4-6,9H,2-3,7-8,10H2,1H3,(H,18,19)(H2,16,17,20). The minimum atomic E-state index is -0.890. The lowest BCUT2D eigenvalue weighted by molar-refractivity contribution is -0.138. The molecule has 1 fully saturated rings. The van der Waals surface area contributed by atoms with Gasteiger partial charge in [0.15, 0.2) is 0 Å². The topological polar surface area (TPSA) is 87.7 Å². The van der Waals surface area contributed by atoms with Crippen molar-refractivity contribution in [2.24, 2.45) is 0 Å². The van der Waals surface area contributed by atoms with Gasteiger partial charge in [-0.2, -0.15) is 0 Å².